The molecule has 0 radical (unpaired) electrons. The zero-order chi connectivity index (χ0) is 13.5. The van der Waals surface area contributed by atoms with Gasteiger partial charge in [-0.15, -0.1) is 0 Å². The third-order valence-electron chi connectivity index (χ3n) is 2.25. The molecule has 0 spiro atoms. The molecule has 0 aliphatic carbocycles. The topological polar surface area (TPSA) is 65.3 Å². The van der Waals surface area contributed by atoms with Gasteiger partial charge >= 0.3 is 0 Å². The van der Waals surface area contributed by atoms with Crippen molar-refractivity contribution in [1.82, 2.24) is 0 Å². The molecule has 1 rings (SSSR count). The molecule has 0 aliphatic rings. The zero-order valence-electron chi connectivity index (χ0n) is 10.5. The summed E-state index contributed by atoms with van der Waals surface area (Å²) in [6.45, 7) is 4.29. The Morgan fingerprint density at radius 1 is 1.50 bits per heavy atom. The number of hydrogen-bond acceptors (Lipinski definition) is 4. The van der Waals surface area contributed by atoms with Crippen molar-refractivity contribution in [3.63, 3.8) is 0 Å². The number of aliphatic hydroxyl groups is 1. The van der Waals surface area contributed by atoms with E-state index >= 15 is 0 Å². The lowest BCUT2D eigenvalue weighted by atomic mass is 10.2. The van der Waals surface area contributed by atoms with Crippen LogP contribution < -0.4 is 5.32 Å². The molecule has 1 unspecified atom stereocenters. The van der Waals surface area contributed by atoms with Crippen molar-refractivity contribution in [1.29, 1.82) is 5.26 Å². The van der Waals surface area contributed by atoms with Crippen molar-refractivity contribution in [2.45, 2.75) is 26.1 Å². The number of anilines is 1. The predicted molar refractivity (Wildman–Crippen MR) is 66.7 cm³/mol. The fraction of sp³-hybridized carbons (Fsp3) is 0.462. The Bertz CT molecular complexity index is 429. The van der Waals surface area contributed by atoms with Crippen LogP contribution in [0.2, 0.25) is 0 Å². The summed E-state index contributed by atoms with van der Waals surface area (Å²) in [6, 6.07) is 5.91. The molecule has 0 fully saturated rings. The van der Waals surface area contributed by atoms with Crippen LogP contribution in [0.5, 0.6) is 0 Å². The Hall–Kier alpha value is -1.64. The van der Waals surface area contributed by atoms with Gasteiger partial charge in [0, 0.05) is 12.2 Å². The van der Waals surface area contributed by atoms with Gasteiger partial charge in [0.15, 0.2) is 0 Å². The van der Waals surface area contributed by atoms with Gasteiger partial charge in [0.2, 0.25) is 0 Å². The Morgan fingerprint density at radius 2 is 2.22 bits per heavy atom. The minimum atomic E-state index is -0.650. The maximum absolute atomic E-state index is 13.1. The quantitative estimate of drug-likeness (QED) is 0.811. The van der Waals surface area contributed by atoms with Crippen LogP contribution >= 0.6 is 0 Å². The summed E-state index contributed by atoms with van der Waals surface area (Å²) in [4.78, 5) is 0. The van der Waals surface area contributed by atoms with E-state index in [0.717, 1.165) is 0 Å². The predicted octanol–water partition coefficient (Wildman–Crippen LogP) is 1.90. The van der Waals surface area contributed by atoms with Crippen molar-refractivity contribution < 1.29 is 14.2 Å². The maximum Gasteiger partial charge on any atom is 0.141 e. The van der Waals surface area contributed by atoms with E-state index in [1.165, 1.54) is 18.2 Å². The van der Waals surface area contributed by atoms with E-state index in [0.29, 0.717) is 5.69 Å². The van der Waals surface area contributed by atoms with E-state index in [4.69, 9.17) is 10.00 Å². The standard InChI is InChI=1S/C13H17FN2O2/c1-9(2)18-8-12(17)7-16-11-3-4-13(14)10(5-11)6-15/h3-5,9,12,16-17H,7-8H2,1-2H3. The van der Waals surface area contributed by atoms with E-state index in [1.54, 1.807) is 6.07 Å². The van der Waals surface area contributed by atoms with E-state index < -0.39 is 11.9 Å². The van der Waals surface area contributed by atoms with E-state index in [1.807, 2.05) is 13.8 Å². The van der Waals surface area contributed by atoms with Crippen LogP contribution in [0.1, 0.15) is 19.4 Å². The fourth-order valence-electron chi connectivity index (χ4n) is 1.32. The Kier molecular flexibility index (Phi) is 5.56. The molecule has 0 aromatic heterocycles. The lowest BCUT2D eigenvalue weighted by molar-refractivity contribution is 0.0112. The molecule has 4 nitrogen and oxygen atoms in total. The van der Waals surface area contributed by atoms with Crippen molar-refractivity contribution in [3.05, 3.63) is 29.6 Å². The molecule has 0 saturated heterocycles. The summed E-state index contributed by atoms with van der Waals surface area (Å²) < 4.78 is 18.3. The van der Waals surface area contributed by atoms with Crippen LogP contribution in [-0.2, 0) is 4.74 Å². The second kappa shape index (κ2) is 6.94. The number of hydrogen-bond donors (Lipinski definition) is 2. The second-order valence-electron chi connectivity index (χ2n) is 4.22. The smallest absolute Gasteiger partial charge is 0.141 e. The number of aliphatic hydroxyl groups excluding tert-OH is 1. The maximum atomic E-state index is 13.1. The molecular weight excluding hydrogens is 235 g/mol. The largest absolute Gasteiger partial charge is 0.389 e. The van der Waals surface area contributed by atoms with Crippen LogP contribution in [0.25, 0.3) is 0 Å². The molecule has 2 N–H and O–H groups in total. The van der Waals surface area contributed by atoms with Gasteiger partial charge in [0.05, 0.1) is 24.4 Å². The molecule has 5 heteroatoms. The summed E-state index contributed by atoms with van der Waals surface area (Å²) in [7, 11) is 0. The highest BCUT2D eigenvalue weighted by Gasteiger charge is 2.07. The van der Waals surface area contributed by atoms with Crippen molar-refractivity contribution in [3.8, 4) is 6.07 Å². The van der Waals surface area contributed by atoms with Crippen LogP contribution in [-0.4, -0.2) is 30.5 Å². The van der Waals surface area contributed by atoms with Crippen molar-refractivity contribution in [2.24, 2.45) is 0 Å². The zero-order valence-corrected chi connectivity index (χ0v) is 10.5. The molecule has 0 aliphatic heterocycles. The minimum Gasteiger partial charge on any atom is -0.389 e. The third-order valence-corrected chi connectivity index (χ3v) is 2.25. The van der Waals surface area contributed by atoms with Gasteiger partial charge in [0.1, 0.15) is 11.9 Å². The van der Waals surface area contributed by atoms with Gasteiger partial charge in [-0.2, -0.15) is 5.26 Å². The highest BCUT2D eigenvalue weighted by atomic mass is 19.1. The molecule has 18 heavy (non-hydrogen) atoms. The lowest BCUT2D eigenvalue weighted by Gasteiger charge is -2.15. The van der Waals surface area contributed by atoms with E-state index in [9.17, 15) is 9.50 Å². The van der Waals surface area contributed by atoms with Crippen LogP contribution in [0.3, 0.4) is 0 Å². The van der Waals surface area contributed by atoms with Gasteiger partial charge < -0.3 is 15.2 Å². The third kappa shape index (κ3) is 4.70. The molecule has 0 bridgehead atoms. The first-order valence-electron chi connectivity index (χ1n) is 5.76. The lowest BCUT2D eigenvalue weighted by Crippen LogP contribution is -2.26. The second-order valence-corrected chi connectivity index (χ2v) is 4.22. The Morgan fingerprint density at radius 3 is 2.83 bits per heavy atom. The summed E-state index contributed by atoms with van der Waals surface area (Å²) in [6.07, 6.45) is -0.585. The molecular formula is C13H17FN2O2. The first-order chi connectivity index (χ1) is 8.52. The van der Waals surface area contributed by atoms with E-state index in [-0.39, 0.29) is 24.8 Å². The number of nitrogens with zero attached hydrogens (tertiary/aromatic N) is 1. The summed E-state index contributed by atoms with van der Waals surface area (Å²) in [5, 5.41) is 21.2. The van der Waals surface area contributed by atoms with Gasteiger partial charge in [-0.25, -0.2) is 4.39 Å². The normalized spacial score (nSPS) is 12.2. The van der Waals surface area contributed by atoms with Crippen LogP contribution in [0.4, 0.5) is 10.1 Å². The van der Waals surface area contributed by atoms with Gasteiger partial charge in [-0.05, 0) is 32.0 Å². The number of ether oxygens (including phenoxy) is 1. The van der Waals surface area contributed by atoms with Crippen molar-refractivity contribution >= 4 is 5.69 Å². The average molecular weight is 252 g/mol. The molecule has 0 heterocycles. The van der Waals surface area contributed by atoms with Crippen LogP contribution in [0.15, 0.2) is 18.2 Å². The Balaban J connectivity index is 2.46. The number of nitrogens with one attached hydrogen (secondary N) is 1. The summed E-state index contributed by atoms with van der Waals surface area (Å²) in [5.74, 6) is -0.549. The molecule has 1 aromatic rings. The number of benzene rings is 1. The summed E-state index contributed by atoms with van der Waals surface area (Å²) >= 11 is 0. The first-order valence-corrected chi connectivity index (χ1v) is 5.76. The van der Waals surface area contributed by atoms with Crippen LogP contribution in [0, 0.1) is 17.1 Å². The summed E-state index contributed by atoms with van der Waals surface area (Å²) in [5.41, 5.74) is 0.574. The van der Waals surface area contributed by atoms with E-state index in [2.05, 4.69) is 5.32 Å². The average Bonchev–Trinajstić information content (AvgIpc) is 2.35. The van der Waals surface area contributed by atoms with Gasteiger partial charge in [-0.3, -0.25) is 0 Å². The number of halogens is 1. The number of rotatable bonds is 6. The molecule has 0 saturated carbocycles. The minimum absolute atomic E-state index is 0.0204. The molecule has 98 valence electrons. The van der Waals surface area contributed by atoms with Gasteiger partial charge in [0.25, 0.3) is 0 Å². The first kappa shape index (κ1) is 14.4. The molecule has 1 atom stereocenters. The SMILES string of the molecule is CC(C)OCC(O)CNc1ccc(F)c(C#N)c1. The van der Waals surface area contributed by atoms with Crippen molar-refractivity contribution in [2.75, 3.05) is 18.5 Å². The number of nitriles is 1. The molecule has 1 aromatic carbocycles. The highest BCUT2D eigenvalue weighted by Crippen LogP contribution is 2.13. The molecule has 0 amide bonds. The fourth-order valence-corrected chi connectivity index (χ4v) is 1.32. The Labute approximate surface area is 106 Å². The highest BCUT2D eigenvalue weighted by molar-refractivity contribution is 5.49. The monoisotopic (exact) mass is 252 g/mol. The van der Waals surface area contributed by atoms with Gasteiger partial charge in [-0.1, -0.05) is 0 Å².